The van der Waals surface area contributed by atoms with Crippen molar-refractivity contribution in [3.63, 3.8) is 0 Å². The first-order valence-corrected chi connectivity index (χ1v) is 11.0. The number of esters is 1. The minimum atomic E-state index is -0.445. The van der Waals surface area contributed by atoms with E-state index in [0.717, 1.165) is 23.5 Å². The normalized spacial score (nSPS) is 18.3. The third kappa shape index (κ3) is 5.57. The molecule has 0 bridgehead atoms. The van der Waals surface area contributed by atoms with Gasteiger partial charge >= 0.3 is 5.97 Å². The molecule has 0 aromatic carbocycles. The monoisotopic (exact) mass is 438 g/mol. The zero-order valence-electron chi connectivity index (χ0n) is 17.9. The third-order valence-electron chi connectivity index (χ3n) is 5.58. The van der Waals surface area contributed by atoms with Gasteiger partial charge in [-0.15, -0.1) is 11.3 Å². The number of aryl methyl sites for hydroxylation is 1. The second-order valence-electron chi connectivity index (χ2n) is 7.57. The number of anilines is 1. The average Bonchev–Trinajstić information content (AvgIpc) is 3.01. The zero-order chi connectivity index (χ0) is 21.7. The zero-order valence-corrected chi connectivity index (χ0v) is 18.7. The van der Waals surface area contributed by atoms with Crippen molar-refractivity contribution in [2.24, 2.45) is 0 Å². The number of carbonyl (C=O) groups is 3. The number of rotatable bonds is 6. The molecule has 2 fully saturated rings. The van der Waals surface area contributed by atoms with Gasteiger partial charge in [-0.25, -0.2) is 4.79 Å². The number of amides is 2. The maximum Gasteiger partial charge on any atom is 0.341 e. The Labute approximate surface area is 180 Å². The van der Waals surface area contributed by atoms with Crippen LogP contribution in [0.25, 0.3) is 0 Å². The van der Waals surface area contributed by atoms with Crippen LogP contribution in [0.4, 0.5) is 5.00 Å². The smallest absolute Gasteiger partial charge is 0.341 e. The van der Waals surface area contributed by atoms with Crippen molar-refractivity contribution < 1.29 is 23.9 Å². The van der Waals surface area contributed by atoms with Gasteiger partial charge in [-0.2, -0.15) is 0 Å². The Kier molecular flexibility index (Phi) is 7.81. The first-order valence-electron chi connectivity index (χ1n) is 10.2. The van der Waals surface area contributed by atoms with Crippen molar-refractivity contribution in [2.45, 2.75) is 13.8 Å². The van der Waals surface area contributed by atoms with E-state index in [-0.39, 0.29) is 18.4 Å². The van der Waals surface area contributed by atoms with Gasteiger partial charge in [0.2, 0.25) is 11.8 Å². The molecule has 1 N–H and O–H groups in total. The molecule has 2 saturated heterocycles. The third-order valence-corrected chi connectivity index (χ3v) is 6.71. The van der Waals surface area contributed by atoms with E-state index in [1.54, 1.807) is 0 Å². The number of morpholine rings is 1. The minimum absolute atomic E-state index is 0.133. The molecular weight excluding hydrogens is 408 g/mol. The van der Waals surface area contributed by atoms with Crippen LogP contribution < -0.4 is 5.32 Å². The summed E-state index contributed by atoms with van der Waals surface area (Å²) in [7, 11) is 1.33. The molecule has 30 heavy (non-hydrogen) atoms. The number of hydrogen-bond donors (Lipinski definition) is 1. The van der Waals surface area contributed by atoms with Gasteiger partial charge < -0.3 is 19.7 Å². The number of methoxy groups -OCH3 is 1. The molecule has 0 spiro atoms. The van der Waals surface area contributed by atoms with Gasteiger partial charge in [0.15, 0.2) is 0 Å². The Bertz CT molecular complexity index is 782. The van der Waals surface area contributed by atoms with E-state index in [2.05, 4.69) is 10.2 Å². The van der Waals surface area contributed by atoms with E-state index in [1.165, 1.54) is 18.4 Å². The number of piperazine rings is 1. The number of nitrogens with one attached hydrogen (secondary N) is 1. The highest BCUT2D eigenvalue weighted by Crippen LogP contribution is 2.32. The Hall–Kier alpha value is -2.01. The molecule has 1 aromatic heterocycles. The Morgan fingerprint density at radius 2 is 1.63 bits per heavy atom. The summed E-state index contributed by atoms with van der Waals surface area (Å²) in [6.07, 6.45) is 0. The summed E-state index contributed by atoms with van der Waals surface area (Å²) in [5.74, 6) is -0.484. The van der Waals surface area contributed by atoms with Crippen molar-refractivity contribution in [2.75, 3.05) is 78.0 Å². The fourth-order valence-electron chi connectivity index (χ4n) is 3.64. The van der Waals surface area contributed by atoms with Crippen molar-refractivity contribution in [3.8, 4) is 0 Å². The Morgan fingerprint density at radius 1 is 1.00 bits per heavy atom. The first kappa shape index (κ1) is 22.7. The average molecular weight is 439 g/mol. The van der Waals surface area contributed by atoms with Gasteiger partial charge in [0.1, 0.15) is 5.00 Å². The summed E-state index contributed by atoms with van der Waals surface area (Å²) in [6.45, 7) is 9.87. The van der Waals surface area contributed by atoms with Crippen LogP contribution in [-0.2, 0) is 19.1 Å². The highest BCUT2D eigenvalue weighted by Gasteiger charge is 2.26. The molecule has 3 rings (SSSR count). The maximum absolute atomic E-state index is 12.5. The molecule has 2 amide bonds. The van der Waals surface area contributed by atoms with Crippen LogP contribution in [0, 0.1) is 13.8 Å². The first-order chi connectivity index (χ1) is 14.4. The van der Waals surface area contributed by atoms with E-state index >= 15 is 0 Å². The molecule has 0 atom stereocenters. The summed E-state index contributed by atoms with van der Waals surface area (Å²) >= 11 is 1.38. The second-order valence-corrected chi connectivity index (χ2v) is 8.80. The molecule has 0 saturated carbocycles. The Morgan fingerprint density at radius 3 is 2.27 bits per heavy atom. The van der Waals surface area contributed by atoms with Gasteiger partial charge in [0.05, 0.1) is 39.0 Å². The summed E-state index contributed by atoms with van der Waals surface area (Å²) in [4.78, 5) is 44.1. The molecular formula is C20H30N4O5S. The fraction of sp³-hybridized carbons (Fsp3) is 0.650. The van der Waals surface area contributed by atoms with Crippen LogP contribution >= 0.6 is 11.3 Å². The van der Waals surface area contributed by atoms with Crippen molar-refractivity contribution >= 4 is 34.1 Å². The highest BCUT2D eigenvalue weighted by molar-refractivity contribution is 7.16. The van der Waals surface area contributed by atoms with Crippen LogP contribution in [0.5, 0.6) is 0 Å². The predicted octanol–water partition coefficient (Wildman–Crippen LogP) is 0.566. The molecule has 10 heteroatoms. The van der Waals surface area contributed by atoms with Crippen LogP contribution in [0.3, 0.4) is 0 Å². The lowest BCUT2D eigenvalue weighted by Gasteiger charge is -2.36. The largest absolute Gasteiger partial charge is 0.465 e. The van der Waals surface area contributed by atoms with Gasteiger partial charge in [0.25, 0.3) is 0 Å². The van der Waals surface area contributed by atoms with E-state index in [1.807, 2.05) is 23.6 Å². The fourth-order valence-corrected chi connectivity index (χ4v) is 4.70. The maximum atomic E-state index is 12.5. The summed E-state index contributed by atoms with van der Waals surface area (Å²) in [5, 5.41) is 3.39. The van der Waals surface area contributed by atoms with Crippen LogP contribution in [-0.4, -0.2) is 105 Å². The van der Waals surface area contributed by atoms with E-state index in [9.17, 15) is 14.4 Å². The van der Waals surface area contributed by atoms with Crippen LogP contribution in [0.15, 0.2) is 0 Å². The Balaban J connectivity index is 1.47. The lowest BCUT2D eigenvalue weighted by molar-refractivity contribution is -0.135. The van der Waals surface area contributed by atoms with E-state index < -0.39 is 5.97 Å². The SMILES string of the molecule is COC(=O)c1c(NC(=O)CN2CCN(C(=O)CN3CCOCC3)CC2)sc(C)c1C. The standard InChI is InChI=1S/C20H30N4O5S/c1-14-15(2)30-19(18(14)20(27)28-3)21-16(25)12-22-4-6-24(7-5-22)17(26)13-23-8-10-29-11-9-23/h4-13H2,1-3H3,(H,21,25). The molecule has 2 aliphatic heterocycles. The number of nitrogens with zero attached hydrogens (tertiary/aromatic N) is 3. The van der Waals surface area contributed by atoms with E-state index in [4.69, 9.17) is 9.47 Å². The topological polar surface area (TPSA) is 91.4 Å². The number of ether oxygens (including phenoxy) is 2. The molecule has 9 nitrogen and oxygen atoms in total. The number of thiophene rings is 1. The summed E-state index contributed by atoms with van der Waals surface area (Å²) in [6, 6.07) is 0. The predicted molar refractivity (Wildman–Crippen MR) is 114 cm³/mol. The lowest BCUT2D eigenvalue weighted by Crippen LogP contribution is -2.53. The second kappa shape index (κ2) is 10.3. The van der Waals surface area contributed by atoms with Crippen LogP contribution in [0.1, 0.15) is 20.8 Å². The number of hydrogen-bond acceptors (Lipinski definition) is 8. The summed E-state index contributed by atoms with van der Waals surface area (Å²) in [5.41, 5.74) is 1.25. The molecule has 0 radical (unpaired) electrons. The van der Waals surface area contributed by atoms with Gasteiger partial charge in [-0.05, 0) is 19.4 Å². The van der Waals surface area contributed by atoms with Gasteiger partial charge in [-0.3, -0.25) is 19.4 Å². The van der Waals surface area contributed by atoms with Crippen LogP contribution in [0.2, 0.25) is 0 Å². The minimum Gasteiger partial charge on any atom is -0.465 e. The van der Waals surface area contributed by atoms with Crippen molar-refractivity contribution in [1.82, 2.24) is 14.7 Å². The van der Waals surface area contributed by atoms with Crippen molar-refractivity contribution in [3.05, 3.63) is 16.0 Å². The number of carbonyl (C=O) groups excluding carboxylic acids is 3. The lowest BCUT2D eigenvalue weighted by atomic mass is 10.1. The molecule has 1 aromatic rings. The van der Waals surface area contributed by atoms with Gasteiger partial charge in [-0.1, -0.05) is 0 Å². The highest BCUT2D eigenvalue weighted by atomic mass is 32.1. The molecule has 0 unspecified atom stereocenters. The molecule has 2 aliphatic rings. The summed E-state index contributed by atoms with van der Waals surface area (Å²) < 4.78 is 10.2. The molecule has 166 valence electrons. The van der Waals surface area contributed by atoms with E-state index in [0.29, 0.717) is 56.5 Å². The quantitative estimate of drug-likeness (QED) is 0.649. The van der Waals surface area contributed by atoms with Crippen molar-refractivity contribution in [1.29, 1.82) is 0 Å². The molecule has 3 heterocycles. The van der Waals surface area contributed by atoms with Gasteiger partial charge in [0, 0.05) is 44.1 Å². The molecule has 0 aliphatic carbocycles.